The first kappa shape index (κ1) is 16.9. The second kappa shape index (κ2) is 7.30. The molecule has 1 saturated carbocycles. The zero-order valence-electron chi connectivity index (χ0n) is 14.0. The van der Waals surface area contributed by atoms with Crippen LogP contribution < -0.4 is 0 Å². The van der Waals surface area contributed by atoms with Gasteiger partial charge in [0.05, 0.1) is 23.5 Å². The molecule has 6 heteroatoms. The maximum atomic E-state index is 12.6. The Hall–Kier alpha value is -1.95. The summed E-state index contributed by atoms with van der Waals surface area (Å²) in [5, 5.41) is 9.04. The van der Waals surface area contributed by atoms with E-state index >= 15 is 0 Å². The van der Waals surface area contributed by atoms with Gasteiger partial charge in [0.1, 0.15) is 5.69 Å². The highest BCUT2D eigenvalue weighted by Gasteiger charge is 2.27. The van der Waals surface area contributed by atoms with Crippen molar-refractivity contribution in [2.24, 2.45) is 0 Å². The molecule has 0 spiro atoms. The number of carbonyl (C=O) groups is 2. The Morgan fingerprint density at radius 1 is 1.12 bits per heavy atom. The lowest BCUT2D eigenvalue weighted by atomic mass is 10.1. The number of likely N-dealkylation sites (tertiary alicyclic amines) is 1. The fourth-order valence-electron chi connectivity index (χ4n) is 3.56. The molecule has 0 bridgehead atoms. The molecule has 130 valence electrons. The van der Waals surface area contributed by atoms with Crippen molar-refractivity contribution in [3.05, 3.63) is 29.1 Å². The van der Waals surface area contributed by atoms with Gasteiger partial charge in [0.25, 0.3) is 5.91 Å². The normalized spacial score (nSPS) is 19.6. The van der Waals surface area contributed by atoms with Gasteiger partial charge in [0, 0.05) is 13.1 Å². The van der Waals surface area contributed by atoms with Crippen LogP contribution in [0.4, 0.5) is 0 Å². The van der Waals surface area contributed by atoms with E-state index in [9.17, 15) is 9.59 Å². The number of pyridine rings is 1. The van der Waals surface area contributed by atoms with Gasteiger partial charge in [-0.3, -0.25) is 4.79 Å². The van der Waals surface area contributed by atoms with Crippen LogP contribution in [0.1, 0.15) is 65.1 Å². The van der Waals surface area contributed by atoms with E-state index in [4.69, 9.17) is 9.84 Å². The number of nitrogens with zero attached hydrogens (tertiary/aromatic N) is 2. The number of carboxylic acid groups (broad SMARTS) is 1. The van der Waals surface area contributed by atoms with Crippen LogP contribution in [0.2, 0.25) is 0 Å². The second-order valence-corrected chi connectivity index (χ2v) is 6.67. The van der Waals surface area contributed by atoms with Crippen molar-refractivity contribution in [1.82, 2.24) is 9.88 Å². The van der Waals surface area contributed by atoms with Crippen LogP contribution in [-0.2, 0) is 4.74 Å². The van der Waals surface area contributed by atoms with Gasteiger partial charge >= 0.3 is 5.97 Å². The molecule has 1 saturated heterocycles. The smallest absolute Gasteiger partial charge is 0.337 e. The predicted molar refractivity (Wildman–Crippen MR) is 88.2 cm³/mol. The molecule has 1 aliphatic heterocycles. The minimum absolute atomic E-state index is 0.130. The molecule has 0 radical (unpaired) electrons. The van der Waals surface area contributed by atoms with Gasteiger partial charge < -0.3 is 14.7 Å². The summed E-state index contributed by atoms with van der Waals surface area (Å²) in [6, 6.07) is 2.95. The van der Waals surface area contributed by atoms with Crippen molar-refractivity contribution < 1.29 is 19.4 Å². The number of aryl methyl sites for hydroxylation is 1. The van der Waals surface area contributed by atoms with Crippen molar-refractivity contribution in [3.63, 3.8) is 0 Å². The van der Waals surface area contributed by atoms with Gasteiger partial charge in [-0.25, -0.2) is 9.78 Å². The van der Waals surface area contributed by atoms with E-state index in [0.717, 1.165) is 25.7 Å². The number of aromatic carboxylic acids is 1. The first-order valence-corrected chi connectivity index (χ1v) is 8.70. The third-order valence-corrected chi connectivity index (χ3v) is 4.95. The average molecular weight is 332 g/mol. The zero-order valence-corrected chi connectivity index (χ0v) is 14.0. The third-order valence-electron chi connectivity index (χ3n) is 4.95. The van der Waals surface area contributed by atoms with Crippen LogP contribution in [0.15, 0.2) is 12.1 Å². The zero-order chi connectivity index (χ0) is 17.1. The molecular formula is C18H24N2O4. The third kappa shape index (κ3) is 3.75. The quantitative estimate of drug-likeness (QED) is 0.917. The number of piperidine rings is 1. The Bertz CT molecular complexity index is 617. The van der Waals surface area contributed by atoms with E-state index in [2.05, 4.69) is 4.98 Å². The van der Waals surface area contributed by atoms with Crippen LogP contribution in [0.3, 0.4) is 0 Å². The van der Waals surface area contributed by atoms with Crippen molar-refractivity contribution in [1.29, 1.82) is 0 Å². The summed E-state index contributed by atoms with van der Waals surface area (Å²) >= 11 is 0. The van der Waals surface area contributed by atoms with Gasteiger partial charge in [-0.15, -0.1) is 0 Å². The topological polar surface area (TPSA) is 79.7 Å². The summed E-state index contributed by atoms with van der Waals surface area (Å²) in [5.41, 5.74) is 0.815. The number of carbonyl (C=O) groups excluding carboxylic acids is 1. The molecule has 1 N–H and O–H groups in total. The number of carboxylic acids is 1. The molecule has 2 fully saturated rings. The van der Waals surface area contributed by atoms with E-state index in [1.165, 1.54) is 25.0 Å². The Kier molecular flexibility index (Phi) is 5.14. The Morgan fingerprint density at radius 2 is 1.75 bits per heavy atom. The summed E-state index contributed by atoms with van der Waals surface area (Å²) in [4.78, 5) is 29.5. The molecule has 0 unspecified atom stereocenters. The molecule has 1 aromatic rings. The first-order chi connectivity index (χ1) is 11.5. The van der Waals surface area contributed by atoms with Crippen molar-refractivity contribution in [3.8, 4) is 0 Å². The molecule has 1 aromatic heterocycles. The first-order valence-electron chi connectivity index (χ1n) is 8.70. The molecule has 0 atom stereocenters. The number of rotatable bonds is 4. The fourth-order valence-corrected chi connectivity index (χ4v) is 3.56. The van der Waals surface area contributed by atoms with Crippen LogP contribution >= 0.6 is 0 Å². The lowest BCUT2D eigenvalue weighted by molar-refractivity contribution is -0.0358. The average Bonchev–Trinajstić information content (AvgIpc) is 3.07. The van der Waals surface area contributed by atoms with Gasteiger partial charge in [-0.1, -0.05) is 12.8 Å². The summed E-state index contributed by atoms with van der Waals surface area (Å²) in [5.74, 6) is -1.15. The Labute approximate surface area is 141 Å². The number of amides is 1. The maximum Gasteiger partial charge on any atom is 0.337 e. The van der Waals surface area contributed by atoms with E-state index in [0.29, 0.717) is 30.6 Å². The monoisotopic (exact) mass is 332 g/mol. The van der Waals surface area contributed by atoms with Gasteiger partial charge in [-0.2, -0.15) is 0 Å². The summed E-state index contributed by atoms with van der Waals surface area (Å²) in [7, 11) is 0. The molecular weight excluding hydrogens is 308 g/mol. The van der Waals surface area contributed by atoms with Crippen LogP contribution in [0.5, 0.6) is 0 Å². The number of aromatic nitrogens is 1. The van der Waals surface area contributed by atoms with Crippen molar-refractivity contribution in [2.45, 2.75) is 57.7 Å². The van der Waals surface area contributed by atoms with E-state index in [1.54, 1.807) is 11.8 Å². The molecule has 6 nitrogen and oxygen atoms in total. The number of hydrogen-bond acceptors (Lipinski definition) is 4. The van der Waals surface area contributed by atoms with Crippen LogP contribution in [-0.4, -0.2) is 52.2 Å². The highest BCUT2D eigenvalue weighted by molar-refractivity contribution is 5.94. The molecule has 24 heavy (non-hydrogen) atoms. The summed E-state index contributed by atoms with van der Waals surface area (Å²) in [6.07, 6.45) is 7.23. The van der Waals surface area contributed by atoms with E-state index in [1.807, 2.05) is 0 Å². The molecule has 0 aromatic carbocycles. The van der Waals surface area contributed by atoms with Crippen molar-refractivity contribution >= 4 is 11.9 Å². The Morgan fingerprint density at radius 3 is 2.33 bits per heavy atom. The van der Waals surface area contributed by atoms with Crippen molar-refractivity contribution in [2.75, 3.05) is 13.1 Å². The van der Waals surface area contributed by atoms with Crippen LogP contribution in [0.25, 0.3) is 0 Å². The fraction of sp³-hybridized carbons (Fsp3) is 0.611. The van der Waals surface area contributed by atoms with E-state index < -0.39 is 5.97 Å². The largest absolute Gasteiger partial charge is 0.478 e. The van der Waals surface area contributed by atoms with Gasteiger partial charge in [-0.05, 0) is 44.7 Å². The Balaban J connectivity index is 1.56. The highest BCUT2D eigenvalue weighted by Crippen LogP contribution is 2.25. The highest BCUT2D eigenvalue weighted by atomic mass is 16.5. The lowest BCUT2D eigenvalue weighted by Gasteiger charge is -2.33. The maximum absolute atomic E-state index is 12.6. The molecule has 1 aliphatic carbocycles. The molecule has 3 rings (SSSR count). The van der Waals surface area contributed by atoms with Crippen LogP contribution in [0, 0.1) is 6.92 Å². The molecule has 2 heterocycles. The summed E-state index contributed by atoms with van der Waals surface area (Å²) < 4.78 is 6.13. The number of ether oxygens (including phenoxy) is 1. The van der Waals surface area contributed by atoms with Gasteiger partial charge in [0.15, 0.2) is 0 Å². The predicted octanol–water partition coefficient (Wildman–Crippen LogP) is 2.65. The molecule has 2 aliphatic rings. The van der Waals surface area contributed by atoms with E-state index in [-0.39, 0.29) is 17.6 Å². The molecule has 1 amide bonds. The summed E-state index contributed by atoms with van der Waals surface area (Å²) in [6.45, 7) is 2.94. The minimum atomic E-state index is -1.02. The number of hydrogen-bond donors (Lipinski definition) is 1. The SMILES string of the molecule is Cc1nc(C(=O)N2CCC(OC3CCCC3)CC2)ccc1C(=O)O. The lowest BCUT2D eigenvalue weighted by Crippen LogP contribution is -2.42. The van der Waals surface area contributed by atoms with Gasteiger partial charge in [0.2, 0.25) is 0 Å². The minimum Gasteiger partial charge on any atom is -0.478 e. The second-order valence-electron chi connectivity index (χ2n) is 6.67. The standard InChI is InChI=1S/C18H24N2O4/c1-12-15(18(22)23)6-7-16(19-12)17(21)20-10-8-14(9-11-20)24-13-4-2-3-5-13/h6-7,13-14H,2-5,8-11H2,1H3,(H,22,23).